The molecule has 0 bridgehead atoms. The summed E-state index contributed by atoms with van der Waals surface area (Å²) in [6.07, 6.45) is 8.45. The molecule has 0 radical (unpaired) electrons. The van der Waals surface area contributed by atoms with Crippen molar-refractivity contribution in [2.75, 3.05) is 26.1 Å². The van der Waals surface area contributed by atoms with Crippen LogP contribution in [0.3, 0.4) is 0 Å². The molecular weight excluding hydrogens is 316 g/mol. The zero-order chi connectivity index (χ0) is 17.8. The summed E-state index contributed by atoms with van der Waals surface area (Å²) >= 11 is 0. The molecule has 1 atom stereocenters. The van der Waals surface area contributed by atoms with Crippen molar-refractivity contribution in [3.63, 3.8) is 0 Å². The van der Waals surface area contributed by atoms with Crippen LogP contribution in [0.1, 0.15) is 42.9 Å². The lowest BCUT2D eigenvalue weighted by Crippen LogP contribution is -2.16. The highest BCUT2D eigenvalue weighted by Gasteiger charge is 2.20. The topological polar surface area (TPSA) is 73.5 Å². The molecule has 3 rings (SSSR count). The van der Waals surface area contributed by atoms with Gasteiger partial charge in [0, 0.05) is 32.1 Å². The first kappa shape index (κ1) is 17.5. The number of aromatic nitrogens is 2. The van der Waals surface area contributed by atoms with Gasteiger partial charge >= 0.3 is 0 Å². The van der Waals surface area contributed by atoms with Gasteiger partial charge in [0.25, 0.3) is 0 Å². The molecule has 2 N–H and O–H groups in total. The van der Waals surface area contributed by atoms with Crippen molar-refractivity contribution in [1.29, 1.82) is 0 Å². The Morgan fingerprint density at radius 2 is 1.76 bits per heavy atom. The molecule has 1 heterocycles. The van der Waals surface area contributed by atoms with Gasteiger partial charge in [0.2, 0.25) is 5.95 Å². The molecule has 134 valence electrons. The van der Waals surface area contributed by atoms with Crippen LogP contribution in [0.5, 0.6) is 11.5 Å². The first-order valence-electron chi connectivity index (χ1n) is 8.68. The quantitative estimate of drug-likeness (QED) is 0.870. The summed E-state index contributed by atoms with van der Waals surface area (Å²) in [4.78, 5) is 10.5. The third kappa shape index (κ3) is 4.02. The lowest BCUT2D eigenvalue weighted by Gasteiger charge is -2.19. The molecule has 6 nitrogen and oxygen atoms in total. The van der Waals surface area contributed by atoms with Crippen LogP contribution >= 0.6 is 0 Å². The highest BCUT2D eigenvalue weighted by atomic mass is 16.5. The van der Waals surface area contributed by atoms with Crippen molar-refractivity contribution < 1.29 is 9.47 Å². The molecule has 1 unspecified atom stereocenters. The number of anilines is 1. The second kappa shape index (κ2) is 7.70. The number of nitrogens with two attached hydrogens (primary N) is 1. The Kier molecular flexibility index (Phi) is 5.38. The molecule has 2 aromatic rings. The maximum absolute atomic E-state index is 6.42. The van der Waals surface area contributed by atoms with Crippen LogP contribution in [0.25, 0.3) is 0 Å². The minimum atomic E-state index is -0.312. The van der Waals surface area contributed by atoms with E-state index in [4.69, 9.17) is 15.2 Å². The molecule has 1 aliphatic carbocycles. The molecule has 1 aliphatic rings. The highest BCUT2D eigenvalue weighted by molar-refractivity contribution is 5.46. The van der Waals surface area contributed by atoms with E-state index in [1.165, 1.54) is 12.8 Å². The standard InChI is InChI=1S/C19H26N4O2/c1-23(2)19-21-11-14(12-22-19)18(20)13-8-9-16(24-3)17(10-13)25-15-6-4-5-7-15/h8-12,15,18H,4-7,20H2,1-3H3. The molecule has 0 aliphatic heterocycles. The van der Waals surface area contributed by atoms with Gasteiger partial charge in [-0.3, -0.25) is 0 Å². The summed E-state index contributed by atoms with van der Waals surface area (Å²) in [5.74, 6) is 2.16. The van der Waals surface area contributed by atoms with Crippen LogP contribution in [0.2, 0.25) is 0 Å². The normalized spacial score (nSPS) is 15.8. The van der Waals surface area contributed by atoms with E-state index in [-0.39, 0.29) is 12.1 Å². The molecular formula is C19H26N4O2. The molecule has 6 heteroatoms. The summed E-state index contributed by atoms with van der Waals surface area (Å²) in [5.41, 5.74) is 8.24. The molecule has 25 heavy (non-hydrogen) atoms. The Morgan fingerprint density at radius 1 is 1.08 bits per heavy atom. The van der Waals surface area contributed by atoms with Crippen LogP contribution < -0.4 is 20.1 Å². The van der Waals surface area contributed by atoms with Crippen molar-refractivity contribution in [2.24, 2.45) is 5.73 Å². The van der Waals surface area contributed by atoms with Crippen molar-refractivity contribution >= 4 is 5.95 Å². The van der Waals surface area contributed by atoms with E-state index in [9.17, 15) is 0 Å². The Bertz CT molecular complexity index is 697. The van der Waals surface area contributed by atoms with E-state index in [0.717, 1.165) is 35.5 Å². The molecule has 1 fully saturated rings. The molecule has 1 aromatic heterocycles. The van der Waals surface area contributed by atoms with Gasteiger partial charge < -0.3 is 20.1 Å². The summed E-state index contributed by atoms with van der Waals surface area (Å²) in [6, 6.07) is 5.54. The first-order valence-corrected chi connectivity index (χ1v) is 8.68. The van der Waals surface area contributed by atoms with Gasteiger partial charge in [0.15, 0.2) is 11.5 Å². The Labute approximate surface area is 149 Å². The second-order valence-corrected chi connectivity index (χ2v) is 6.62. The first-order chi connectivity index (χ1) is 12.1. The molecule has 0 saturated heterocycles. The van der Waals surface area contributed by atoms with E-state index in [1.54, 1.807) is 19.5 Å². The van der Waals surface area contributed by atoms with Crippen molar-refractivity contribution in [3.05, 3.63) is 41.7 Å². The fraction of sp³-hybridized carbons (Fsp3) is 0.474. The summed E-state index contributed by atoms with van der Waals surface area (Å²) in [6.45, 7) is 0. The highest BCUT2D eigenvalue weighted by Crippen LogP contribution is 2.34. The average molecular weight is 342 g/mol. The zero-order valence-electron chi connectivity index (χ0n) is 15.1. The minimum Gasteiger partial charge on any atom is -0.493 e. The third-order valence-corrected chi connectivity index (χ3v) is 4.56. The number of hydrogen-bond acceptors (Lipinski definition) is 6. The van der Waals surface area contributed by atoms with Crippen LogP contribution in [0, 0.1) is 0 Å². The van der Waals surface area contributed by atoms with Crippen molar-refractivity contribution in [1.82, 2.24) is 9.97 Å². The van der Waals surface area contributed by atoms with E-state index in [1.807, 2.05) is 37.2 Å². The Hall–Kier alpha value is -2.34. The smallest absolute Gasteiger partial charge is 0.224 e. The van der Waals surface area contributed by atoms with Gasteiger partial charge in [-0.05, 0) is 43.4 Å². The molecule has 1 saturated carbocycles. The van der Waals surface area contributed by atoms with Crippen LogP contribution in [-0.2, 0) is 0 Å². The third-order valence-electron chi connectivity index (χ3n) is 4.56. The van der Waals surface area contributed by atoms with Gasteiger partial charge in [-0.2, -0.15) is 0 Å². The molecule has 0 spiro atoms. The lowest BCUT2D eigenvalue weighted by atomic mass is 10.0. The number of methoxy groups -OCH3 is 1. The average Bonchev–Trinajstić information content (AvgIpc) is 3.14. The predicted molar refractivity (Wildman–Crippen MR) is 98.3 cm³/mol. The van der Waals surface area contributed by atoms with Gasteiger partial charge in [-0.1, -0.05) is 6.07 Å². The zero-order valence-corrected chi connectivity index (χ0v) is 15.1. The van der Waals surface area contributed by atoms with E-state index >= 15 is 0 Å². The van der Waals surface area contributed by atoms with Crippen molar-refractivity contribution in [3.8, 4) is 11.5 Å². The van der Waals surface area contributed by atoms with E-state index in [0.29, 0.717) is 5.95 Å². The Balaban J connectivity index is 1.82. The van der Waals surface area contributed by atoms with Gasteiger partial charge in [-0.25, -0.2) is 9.97 Å². The van der Waals surface area contributed by atoms with Crippen LogP contribution in [0.4, 0.5) is 5.95 Å². The summed E-state index contributed by atoms with van der Waals surface area (Å²) in [5, 5.41) is 0. The maximum atomic E-state index is 6.42. The largest absolute Gasteiger partial charge is 0.493 e. The monoisotopic (exact) mass is 342 g/mol. The van der Waals surface area contributed by atoms with E-state index < -0.39 is 0 Å². The summed E-state index contributed by atoms with van der Waals surface area (Å²) in [7, 11) is 5.47. The number of ether oxygens (including phenoxy) is 2. The number of hydrogen-bond donors (Lipinski definition) is 1. The fourth-order valence-electron chi connectivity index (χ4n) is 3.08. The Morgan fingerprint density at radius 3 is 2.36 bits per heavy atom. The SMILES string of the molecule is COc1ccc(C(N)c2cnc(N(C)C)nc2)cc1OC1CCCC1. The number of nitrogens with zero attached hydrogens (tertiary/aromatic N) is 3. The second-order valence-electron chi connectivity index (χ2n) is 6.62. The maximum Gasteiger partial charge on any atom is 0.224 e. The number of rotatable bonds is 6. The molecule has 1 aromatic carbocycles. The minimum absolute atomic E-state index is 0.267. The summed E-state index contributed by atoms with van der Waals surface area (Å²) < 4.78 is 11.6. The van der Waals surface area contributed by atoms with Gasteiger partial charge in [-0.15, -0.1) is 0 Å². The van der Waals surface area contributed by atoms with E-state index in [2.05, 4.69) is 9.97 Å². The van der Waals surface area contributed by atoms with Gasteiger partial charge in [0.05, 0.1) is 19.3 Å². The predicted octanol–water partition coefficient (Wildman–Crippen LogP) is 2.92. The lowest BCUT2D eigenvalue weighted by molar-refractivity contribution is 0.200. The number of benzene rings is 1. The van der Waals surface area contributed by atoms with Gasteiger partial charge in [0.1, 0.15) is 0 Å². The van der Waals surface area contributed by atoms with Crippen molar-refractivity contribution in [2.45, 2.75) is 37.8 Å². The molecule has 0 amide bonds. The van der Waals surface area contributed by atoms with Crippen LogP contribution in [0.15, 0.2) is 30.6 Å². The van der Waals surface area contributed by atoms with Crippen LogP contribution in [-0.4, -0.2) is 37.3 Å². The fourth-order valence-corrected chi connectivity index (χ4v) is 3.08.